The number of halogens is 1. The number of rotatable bonds is 9. The molecule has 1 atom stereocenters. The fourth-order valence-corrected chi connectivity index (χ4v) is 3.84. The molecule has 0 spiro atoms. The zero-order valence-corrected chi connectivity index (χ0v) is 17.4. The standard InChI is InChI=1S/C23H29FN2O4/c1-28-8-2-9-29-21-12-16(11-17-13-18(24)3-6-20(17)21)15-26(19-4-5-19)23(27)22-14-25-7-10-30-22/h3,6,11-13,19,22,25H,2,4-5,7-10,14-15H2,1H3/t22-/m1/s1. The summed E-state index contributed by atoms with van der Waals surface area (Å²) in [6, 6.07) is 8.86. The number of carbonyl (C=O) groups excluding carboxylic acids is 1. The molecule has 162 valence electrons. The number of hydrogen-bond acceptors (Lipinski definition) is 5. The van der Waals surface area contributed by atoms with E-state index in [0.29, 0.717) is 38.7 Å². The van der Waals surface area contributed by atoms with Crippen molar-refractivity contribution in [2.24, 2.45) is 0 Å². The number of nitrogens with zero attached hydrogens (tertiary/aromatic N) is 1. The van der Waals surface area contributed by atoms with Crippen molar-refractivity contribution in [2.45, 2.75) is 38.0 Å². The van der Waals surface area contributed by atoms with Crippen molar-refractivity contribution < 1.29 is 23.4 Å². The van der Waals surface area contributed by atoms with Gasteiger partial charge in [0.15, 0.2) is 0 Å². The fraction of sp³-hybridized carbons (Fsp3) is 0.522. The maximum Gasteiger partial charge on any atom is 0.253 e. The first-order chi connectivity index (χ1) is 14.7. The molecule has 2 fully saturated rings. The van der Waals surface area contributed by atoms with Gasteiger partial charge in [0.05, 0.1) is 13.2 Å². The normalized spacial score (nSPS) is 19.1. The highest BCUT2D eigenvalue weighted by Gasteiger charge is 2.36. The number of benzene rings is 2. The van der Waals surface area contributed by atoms with Gasteiger partial charge >= 0.3 is 0 Å². The molecule has 0 aromatic heterocycles. The average molecular weight is 416 g/mol. The predicted octanol–water partition coefficient (Wildman–Crippen LogP) is 2.87. The summed E-state index contributed by atoms with van der Waals surface area (Å²) in [6.45, 7) is 3.45. The maximum atomic E-state index is 13.9. The topological polar surface area (TPSA) is 60.0 Å². The van der Waals surface area contributed by atoms with E-state index in [1.54, 1.807) is 13.2 Å². The molecular formula is C23H29FN2O4. The van der Waals surface area contributed by atoms with Crippen LogP contribution in [0, 0.1) is 5.82 Å². The third-order valence-corrected chi connectivity index (χ3v) is 5.51. The lowest BCUT2D eigenvalue weighted by Gasteiger charge is -2.30. The maximum absolute atomic E-state index is 13.9. The summed E-state index contributed by atoms with van der Waals surface area (Å²) in [5.41, 5.74) is 0.930. The zero-order valence-electron chi connectivity index (χ0n) is 17.4. The summed E-state index contributed by atoms with van der Waals surface area (Å²) in [5.74, 6) is 0.436. The SMILES string of the molecule is COCCCOc1cc(CN(C(=O)[C@H]2CNCCO2)C2CC2)cc2cc(F)ccc12. The lowest BCUT2D eigenvalue weighted by atomic mass is 10.0. The first-order valence-corrected chi connectivity index (χ1v) is 10.6. The van der Waals surface area contributed by atoms with Crippen molar-refractivity contribution in [2.75, 3.05) is 40.0 Å². The van der Waals surface area contributed by atoms with Crippen LogP contribution in [0.5, 0.6) is 5.75 Å². The highest BCUT2D eigenvalue weighted by Crippen LogP contribution is 2.33. The van der Waals surface area contributed by atoms with E-state index in [9.17, 15) is 9.18 Å². The Morgan fingerprint density at radius 1 is 1.27 bits per heavy atom. The molecule has 1 aliphatic heterocycles. The number of morpholine rings is 1. The Hall–Kier alpha value is -2.22. The van der Waals surface area contributed by atoms with Gasteiger partial charge in [-0.2, -0.15) is 0 Å². The zero-order chi connectivity index (χ0) is 20.9. The van der Waals surface area contributed by atoms with Crippen molar-refractivity contribution in [1.29, 1.82) is 0 Å². The van der Waals surface area contributed by atoms with Crippen LogP contribution in [-0.4, -0.2) is 63.0 Å². The molecule has 2 aromatic rings. The van der Waals surface area contributed by atoms with Crippen molar-refractivity contribution in [3.05, 3.63) is 41.7 Å². The van der Waals surface area contributed by atoms with Gasteiger partial charge in [0, 0.05) is 51.2 Å². The Morgan fingerprint density at radius 3 is 2.87 bits per heavy atom. The van der Waals surface area contributed by atoms with Crippen molar-refractivity contribution in [3.8, 4) is 5.75 Å². The Balaban J connectivity index is 1.57. The lowest BCUT2D eigenvalue weighted by Crippen LogP contribution is -2.49. The Kier molecular flexibility index (Phi) is 6.82. The van der Waals surface area contributed by atoms with Crippen molar-refractivity contribution in [1.82, 2.24) is 10.2 Å². The molecule has 1 aliphatic carbocycles. The molecule has 0 radical (unpaired) electrons. The molecule has 30 heavy (non-hydrogen) atoms. The van der Waals surface area contributed by atoms with Crippen LogP contribution in [0.25, 0.3) is 10.8 Å². The summed E-state index contributed by atoms with van der Waals surface area (Å²) >= 11 is 0. The molecule has 1 saturated heterocycles. The summed E-state index contributed by atoms with van der Waals surface area (Å²) < 4.78 is 30.6. The number of nitrogens with one attached hydrogen (secondary N) is 1. The Bertz CT molecular complexity index is 881. The summed E-state index contributed by atoms with van der Waals surface area (Å²) in [4.78, 5) is 15.0. The van der Waals surface area contributed by atoms with E-state index in [1.165, 1.54) is 12.1 Å². The number of ether oxygens (including phenoxy) is 3. The Morgan fingerprint density at radius 2 is 2.13 bits per heavy atom. The average Bonchev–Trinajstić information content (AvgIpc) is 3.60. The molecule has 1 N–H and O–H groups in total. The molecule has 0 bridgehead atoms. The van der Waals surface area contributed by atoms with Gasteiger partial charge < -0.3 is 24.4 Å². The second-order valence-corrected chi connectivity index (χ2v) is 7.92. The lowest BCUT2D eigenvalue weighted by molar-refractivity contribution is -0.146. The van der Waals surface area contributed by atoms with E-state index in [-0.39, 0.29) is 17.8 Å². The van der Waals surface area contributed by atoms with E-state index in [4.69, 9.17) is 14.2 Å². The van der Waals surface area contributed by atoms with Crippen LogP contribution in [0.2, 0.25) is 0 Å². The van der Waals surface area contributed by atoms with Crippen LogP contribution in [0.1, 0.15) is 24.8 Å². The van der Waals surface area contributed by atoms with Gasteiger partial charge in [0.1, 0.15) is 17.7 Å². The quantitative estimate of drug-likeness (QED) is 0.637. The van der Waals surface area contributed by atoms with E-state index >= 15 is 0 Å². The third kappa shape index (κ3) is 5.09. The fourth-order valence-electron chi connectivity index (χ4n) is 3.84. The number of carbonyl (C=O) groups is 1. The molecule has 1 saturated carbocycles. The number of methoxy groups -OCH3 is 1. The van der Waals surface area contributed by atoms with Crippen LogP contribution in [0.4, 0.5) is 4.39 Å². The molecule has 2 aliphatic rings. The largest absolute Gasteiger partial charge is 0.493 e. The first-order valence-electron chi connectivity index (χ1n) is 10.6. The second kappa shape index (κ2) is 9.73. The summed E-state index contributed by atoms with van der Waals surface area (Å²) in [5, 5.41) is 4.86. The van der Waals surface area contributed by atoms with Crippen LogP contribution in [0.3, 0.4) is 0 Å². The second-order valence-electron chi connectivity index (χ2n) is 7.92. The van der Waals surface area contributed by atoms with Crippen LogP contribution in [-0.2, 0) is 20.8 Å². The predicted molar refractivity (Wildman–Crippen MR) is 112 cm³/mol. The van der Waals surface area contributed by atoms with Crippen LogP contribution >= 0.6 is 0 Å². The molecule has 4 rings (SSSR count). The minimum atomic E-state index is -0.443. The van der Waals surface area contributed by atoms with E-state index < -0.39 is 6.10 Å². The summed E-state index contributed by atoms with van der Waals surface area (Å²) in [7, 11) is 1.66. The van der Waals surface area contributed by atoms with E-state index in [2.05, 4.69) is 5.32 Å². The van der Waals surface area contributed by atoms with Gasteiger partial charge in [-0.25, -0.2) is 4.39 Å². The minimum absolute atomic E-state index is 0.0200. The number of hydrogen-bond donors (Lipinski definition) is 1. The smallest absolute Gasteiger partial charge is 0.253 e. The van der Waals surface area contributed by atoms with Gasteiger partial charge in [0.25, 0.3) is 5.91 Å². The van der Waals surface area contributed by atoms with Gasteiger partial charge in [-0.3, -0.25) is 4.79 Å². The van der Waals surface area contributed by atoms with Crippen molar-refractivity contribution in [3.63, 3.8) is 0 Å². The molecule has 2 aromatic carbocycles. The monoisotopic (exact) mass is 416 g/mol. The third-order valence-electron chi connectivity index (χ3n) is 5.51. The van der Waals surface area contributed by atoms with Gasteiger partial charge in [-0.05, 0) is 54.1 Å². The molecule has 1 heterocycles. The highest BCUT2D eigenvalue weighted by molar-refractivity contribution is 5.89. The van der Waals surface area contributed by atoms with Gasteiger partial charge in [0.2, 0.25) is 0 Å². The van der Waals surface area contributed by atoms with E-state index in [1.807, 2.05) is 17.0 Å². The van der Waals surface area contributed by atoms with Gasteiger partial charge in [-0.1, -0.05) is 0 Å². The number of fused-ring (bicyclic) bond motifs is 1. The van der Waals surface area contributed by atoms with Gasteiger partial charge in [-0.15, -0.1) is 0 Å². The molecular weight excluding hydrogens is 387 g/mol. The number of amides is 1. The highest BCUT2D eigenvalue weighted by atomic mass is 19.1. The Labute approximate surface area is 176 Å². The summed E-state index contributed by atoms with van der Waals surface area (Å²) in [6.07, 6.45) is 2.34. The molecule has 7 heteroatoms. The molecule has 1 amide bonds. The first kappa shape index (κ1) is 21.0. The minimum Gasteiger partial charge on any atom is -0.493 e. The van der Waals surface area contributed by atoms with E-state index in [0.717, 1.165) is 42.1 Å². The molecule has 6 nitrogen and oxygen atoms in total. The van der Waals surface area contributed by atoms with Crippen molar-refractivity contribution >= 4 is 16.7 Å². The van der Waals surface area contributed by atoms with Crippen LogP contribution < -0.4 is 10.1 Å². The molecule has 0 unspecified atom stereocenters. The van der Waals surface area contributed by atoms with Crippen LogP contribution in [0.15, 0.2) is 30.3 Å².